The number of nitrogens with zero attached hydrogens (tertiary/aromatic N) is 6. The van der Waals surface area contributed by atoms with E-state index in [9.17, 15) is 18.4 Å². The molecule has 1 N–H and O–H groups in total. The van der Waals surface area contributed by atoms with E-state index in [4.69, 9.17) is 0 Å². The van der Waals surface area contributed by atoms with E-state index in [-0.39, 0.29) is 23.8 Å². The Balaban J connectivity index is 1.45. The monoisotopic (exact) mass is 401 g/mol. The summed E-state index contributed by atoms with van der Waals surface area (Å²) in [6.45, 7) is 0.425. The zero-order valence-electron chi connectivity index (χ0n) is 15.4. The van der Waals surface area contributed by atoms with Crippen LogP contribution in [0.3, 0.4) is 0 Å². The Labute approximate surface area is 164 Å². The molecule has 3 aromatic rings. The molecule has 1 aromatic carbocycles. The Morgan fingerprint density at radius 2 is 2.14 bits per heavy atom. The average molecular weight is 401 g/mol. The first-order valence-corrected chi connectivity index (χ1v) is 8.84. The molecule has 2 amide bonds. The molecule has 0 spiro atoms. The minimum Gasteiger partial charge on any atom is -0.337 e. The van der Waals surface area contributed by atoms with Gasteiger partial charge in [-0.25, -0.2) is 23.4 Å². The highest BCUT2D eigenvalue weighted by Crippen LogP contribution is 2.19. The molecule has 1 aliphatic rings. The predicted molar refractivity (Wildman–Crippen MR) is 97.0 cm³/mol. The van der Waals surface area contributed by atoms with Gasteiger partial charge < -0.3 is 9.88 Å². The Morgan fingerprint density at radius 3 is 2.97 bits per heavy atom. The zero-order valence-corrected chi connectivity index (χ0v) is 15.4. The maximum atomic E-state index is 13.8. The van der Waals surface area contributed by atoms with Crippen molar-refractivity contribution in [2.24, 2.45) is 0 Å². The third-order valence-corrected chi connectivity index (χ3v) is 4.71. The van der Waals surface area contributed by atoms with Crippen LogP contribution in [0, 0.1) is 11.6 Å². The van der Waals surface area contributed by atoms with Gasteiger partial charge in [0.1, 0.15) is 29.8 Å². The molecular formula is C18H17F2N7O2. The highest BCUT2D eigenvalue weighted by Gasteiger charge is 2.30. The van der Waals surface area contributed by atoms with Gasteiger partial charge in [0, 0.05) is 19.2 Å². The number of nitrogens with one attached hydrogen (secondary N) is 1. The van der Waals surface area contributed by atoms with Crippen LogP contribution in [0.15, 0.2) is 37.1 Å². The lowest BCUT2D eigenvalue weighted by atomic mass is 10.2. The quantitative estimate of drug-likeness (QED) is 0.703. The summed E-state index contributed by atoms with van der Waals surface area (Å²) in [5, 5.41) is 6.64. The number of fused-ring (bicyclic) bond motifs is 1. The third kappa shape index (κ3) is 3.71. The summed E-state index contributed by atoms with van der Waals surface area (Å²) in [6, 6.07) is 2.35. The number of carbonyl (C=O) groups excluding carboxylic acids is 2. The molecule has 2 aromatic heterocycles. The largest absolute Gasteiger partial charge is 0.337 e. The second-order valence-corrected chi connectivity index (χ2v) is 6.66. The molecule has 1 atom stereocenters. The number of aromatic nitrogens is 5. The molecule has 0 aliphatic carbocycles. The first kappa shape index (κ1) is 18.7. The summed E-state index contributed by atoms with van der Waals surface area (Å²) in [4.78, 5) is 34.5. The van der Waals surface area contributed by atoms with Gasteiger partial charge in [-0.15, -0.1) is 5.10 Å². The van der Waals surface area contributed by atoms with E-state index in [0.29, 0.717) is 18.8 Å². The number of rotatable bonds is 4. The Morgan fingerprint density at radius 1 is 1.31 bits per heavy atom. The number of halogens is 2. The minimum atomic E-state index is -0.750. The second kappa shape index (κ2) is 7.41. The number of hydrogen-bond donors (Lipinski definition) is 1. The van der Waals surface area contributed by atoms with Gasteiger partial charge in [-0.1, -0.05) is 0 Å². The van der Waals surface area contributed by atoms with E-state index in [1.165, 1.54) is 15.9 Å². The fraction of sp³-hybridized carbons (Fsp3) is 0.278. The summed E-state index contributed by atoms with van der Waals surface area (Å²) < 4.78 is 30.1. The number of amides is 2. The molecule has 29 heavy (non-hydrogen) atoms. The normalized spacial score (nSPS) is 16.4. The second-order valence-electron chi connectivity index (χ2n) is 6.66. The first-order chi connectivity index (χ1) is 13.9. The van der Waals surface area contributed by atoms with Crippen molar-refractivity contribution in [3.8, 4) is 0 Å². The van der Waals surface area contributed by atoms with E-state index < -0.39 is 23.6 Å². The topological polar surface area (TPSA) is 97.9 Å². The van der Waals surface area contributed by atoms with Crippen molar-refractivity contribution >= 4 is 17.6 Å². The molecule has 3 heterocycles. The number of likely N-dealkylation sites (N-methyl/N-ethyl adjacent to an activating group) is 1. The van der Waals surface area contributed by atoms with Crippen LogP contribution in [0.2, 0.25) is 0 Å². The number of benzene rings is 1. The van der Waals surface area contributed by atoms with Crippen LogP contribution in [0.5, 0.6) is 0 Å². The van der Waals surface area contributed by atoms with Gasteiger partial charge in [0.2, 0.25) is 5.82 Å². The van der Waals surface area contributed by atoms with E-state index in [2.05, 4.69) is 20.4 Å². The summed E-state index contributed by atoms with van der Waals surface area (Å²) >= 11 is 0. The third-order valence-electron chi connectivity index (χ3n) is 4.71. The van der Waals surface area contributed by atoms with Crippen molar-refractivity contribution in [1.29, 1.82) is 0 Å². The van der Waals surface area contributed by atoms with Crippen LogP contribution in [0.4, 0.5) is 14.6 Å². The Bertz CT molecular complexity index is 1080. The van der Waals surface area contributed by atoms with Crippen molar-refractivity contribution < 1.29 is 18.4 Å². The summed E-state index contributed by atoms with van der Waals surface area (Å²) in [5.74, 6) is -1.58. The van der Waals surface area contributed by atoms with Gasteiger partial charge in [-0.3, -0.25) is 14.5 Å². The standard InChI is InChI=1S/C18H17F2N7O2/c1-25-15-7-21-9-26(15)5-4-14(18(25)29)23-17(28)16-22-10-27(24-16)8-11-6-12(19)2-3-13(11)20/h2-3,6-7,9-10,14H,4-5,8H2,1H3,(H,23,28)/t14-/m1/s1. The highest BCUT2D eigenvalue weighted by molar-refractivity contribution is 6.00. The Hall–Kier alpha value is -3.63. The number of aryl methyl sites for hydroxylation is 1. The van der Waals surface area contributed by atoms with E-state index >= 15 is 0 Å². The van der Waals surface area contributed by atoms with Gasteiger partial charge >= 0.3 is 0 Å². The number of hydrogen-bond acceptors (Lipinski definition) is 5. The molecule has 0 bridgehead atoms. The van der Waals surface area contributed by atoms with Crippen LogP contribution in [0.1, 0.15) is 22.6 Å². The van der Waals surface area contributed by atoms with Crippen molar-refractivity contribution in [2.75, 3.05) is 11.9 Å². The molecule has 150 valence electrons. The average Bonchev–Trinajstić information content (AvgIpc) is 3.34. The molecule has 11 heteroatoms. The van der Waals surface area contributed by atoms with Crippen molar-refractivity contribution in [2.45, 2.75) is 25.6 Å². The maximum Gasteiger partial charge on any atom is 0.291 e. The number of anilines is 1. The summed E-state index contributed by atoms with van der Waals surface area (Å²) in [6.07, 6.45) is 4.83. The van der Waals surface area contributed by atoms with Crippen LogP contribution in [-0.4, -0.2) is 49.2 Å². The van der Waals surface area contributed by atoms with E-state index in [0.717, 1.165) is 18.2 Å². The van der Waals surface area contributed by atoms with Crippen molar-refractivity contribution in [3.63, 3.8) is 0 Å². The zero-order chi connectivity index (χ0) is 20.5. The van der Waals surface area contributed by atoms with Gasteiger partial charge in [-0.05, 0) is 24.6 Å². The van der Waals surface area contributed by atoms with Crippen LogP contribution < -0.4 is 10.2 Å². The van der Waals surface area contributed by atoms with Crippen molar-refractivity contribution in [3.05, 3.63) is 60.1 Å². The van der Waals surface area contributed by atoms with Crippen LogP contribution in [0.25, 0.3) is 0 Å². The van der Waals surface area contributed by atoms with Crippen LogP contribution in [-0.2, 0) is 17.9 Å². The fourth-order valence-electron chi connectivity index (χ4n) is 3.17. The van der Waals surface area contributed by atoms with Gasteiger partial charge in [0.25, 0.3) is 11.8 Å². The lowest BCUT2D eigenvalue weighted by Gasteiger charge is -2.19. The summed E-state index contributed by atoms with van der Waals surface area (Å²) in [5.41, 5.74) is 0.0814. The molecule has 9 nitrogen and oxygen atoms in total. The molecule has 0 fully saturated rings. The molecule has 0 unspecified atom stereocenters. The molecule has 0 saturated heterocycles. The van der Waals surface area contributed by atoms with Crippen molar-refractivity contribution in [1.82, 2.24) is 29.6 Å². The van der Waals surface area contributed by atoms with E-state index in [1.54, 1.807) is 19.6 Å². The fourth-order valence-corrected chi connectivity index (χ4v) is 3.17. The summed E-state index contributed by atoms with van der Waals surface area (Å²) in [7, 11) is 1.61. The number of carbonyl (C=O) groups is 2. The first-order valence-electron chi connectivity index (χ1n) is 8.84. The van der Waals surface area contributed by atoms with Gasteiger partial charge in [-0.2, -0.15) is 0 Å². The lowest BCUT2D eigenvalue weighted by Crippen LogP contribution is -2.47. The SMILES string of the molecule is CN1C(=O)[C@H](NC(=O)c2ncn(Cc3cc(F)ccc3F)n2)CCn2cncc21. The molecule has 4 rings (SSSR count). The minimum absolute atomic E-state index is 0.0814. The lowest BCUT2D eigenvalue weighted by molar-refractivity contribution is -0.120. The molecule has 0 radical (unpaired) electrons. The molecule has 1 aliphatic heterocycles. The Kier molecular flexibility index (Phi) is 4.79. The maximum absolute atomic E-state index is 13.8. The van der Waals surface area contributed by atoms with E-state index in [1.807, 2.05) is 4.57 Å². The molecule has 0 saturated carbocycles. The van der Waals surface area contributed by atoms with Crippen LogP contribution >= 0.6 is 0 Å². The molecular weight excluding hydrogens is 384 g/mol. The highest BCUT2D eigenvalue weighted by atomic mass is 19.1. The van der Waals surface area contributed by atoms with Gasteiger partial charge in [0.05, 0.1) is 19.1 Å². The smallest absolute Gasteiger partial charge is 0.291 e. The predicted octanol–water partition coefficient (Wildman–Crippen LogP) is 0.966. The van der Waals surface area contributed by atoms with Gasteiger partial charge in [0.15, 0.2) is 0 Å². The number of imidazole rings is 1.